The molecule has 0 radical (unpaired) electrons. The summed E-state index contributed by atoms with van der Waals surface area (Å²) >= 11 is 1.18. The van der Waals surface area contributed by atoms with Crippen LogP contribution in [-0.4, -0.2) is 32.4 Å². The van der Waals surface area contributed by atoms with Gasteiger partial charge in [0.05, 0.1) is 4.90 Å². The lowest BCUT2D eigenvalue weighted by Crippen LogP contribution is -2.41. The number of benzene rings is 2. The molecule has 3 aromatic rings. The zero-order chi connectivity index (χ0) is 19.8. The summed E-state index contributed by atoms with van der Waals surface area (Å²) in [6.07, 6.45) is 3.14. The van der Waals surface area contributed by atoms with Gasteiger partial charge in [-0.1, -0.05) is 48.5 Å². The van der Waals surface area contributed by atoms with Crippen LogP contribution in [0.2, 0.25) is 0 Å². The molecule has 0 bridgehead atoms. The minimum absolute atomic E-state index is 0.127. The first-order valence-electron chi connectivity index (χ1n) is 8.85. The van der Waals surface area contributed by atoms with Crippen LogP contribution in [0.3, 0.4) is 0 Å². The monoisotopic (exact) mass is 415 g/mol. The number of carbonyl (C=O) groups excluding carboxylic acids is 1. The molecule has 0 aliphatic heterocycles. The third-order valence-corrected chi connectivity index (χ3v) is 6.72. The Hall–Kier alpha value is -2.71. The predicted octanol–water partition coefficient (Wildman–Crippen LogP) is 3.09. The van der Waals surface area contributed by atoms with Crippen molar-refractivity contribution >= 4 is 32.4 Å². The van der Waals surface area contributed by atoms with Crippen LogP contribution in [0.1, 0.15) is 12.0 Å². The number of nitrogens with one attached hydrogen (secondary N) is 1. The Labute approximate surface area is 168 Å². The molecule has 1 N–H and O–H groups in total. The maximum atomic E-state index is 13.0. The second-order valence-corrected chi connectivity index (χ2v) is 8.81. The lowest BCUT2D eigenvalue weighted by Gasteiger charge is -2.21. The maximum absolute atomic E-state index is 13.0. The first-order chi connectivity index (χ1) is 13.6. The highest BCUT2D eigenvalue weighted by Crippen LogP contribution is 2.25. The molecule has 0 aliphatic rings. The molecule has 3 rings (SSSR count). The molecule has 1 aromatic heterocycles. The van der Waals surface area contributed by atoms with Crippen molar-refractivity contribution in [3.63, 3.8) is 0 Å². The van der Waals surface area contributed by atoms with Crippen molar-refractivity contribution in [2.45, 2.75) is 17.7 Å². The quantitative estimate of drug-likeness (QED) is 0.545. The van der Waals surface area contributed by atoms with Gasteiger partial charge < -0.3 is 5.32 Å². The van der Waals surface area contributed by atoms with Gasteiger partial charge >= 0.3 is 0 Å². The summed E-state index contributed by atoms with van der Waals surface area (Å²) in [5, 5.41) is 4.75. The van der Waals surface area contributed by atoms with Crippen LogP contribution in [0.15, 0.2) is 77.1 Å². The van der Waals surface area contributed by atoms with Crippen LogP contribution in [0.4, 0.5) is 5.13 Å². The summed E-state index contributed by atoms with van der Waals surface area (Å²) in [6, 6.07) is 18.1. The molecule has 0 fully saturated rings. The highest BCUT2D eigenvalue weighted by molar-refractivity contribution is 7.93. The number of aryl methyl sites for hydroxylation is 1. The average Bonchev–Trinajstić information content (AvgIpc) is 3.25. The smallest absolute Gasteiger partial charge is 0.266 e. The van der Waals surface area contributed by atoms with E-state index < -0.39 is 10.0 Å². The summed E-state index contributed by atoms with van der Waals surface area (Å²) in [5.41, 5.74) is 1.20. The first kappa shape index (κ1) is 20.0. The number of thiazole rings is 1. The summed E-state index contributed by atoms with van der Waals surface area (Å²) in [7, 11) is -3.87. The number of hydrogen-bond donors (Lipinski definition) is 1. The van der Waals surface area contributed by atoms with E-state index in [1.54, 1.807) is 23.6 Å². The van der Waals surface area contributed by atoms with E-state index in [1.807, 2.05) is 30.3 Å². The van der Waals surface area contributed by atoms with E-state index in [9.17, 15) is 13.2 Å². The van der Waals surface area contributed by atoms with Crippen molar-refractivity contribution in [1.29, 1.82) is 0 Å². The Kier molecular flexibility index (Phi) is 6.78. The van der Waals surface area contributed by atoms with Gasteiger partial charge in [0, 0.05) is 18.1 Å². The third kappa shape index (κ3) is 5.17. The van der Waals surface area contributed by atoms with Crippen molar-refractivity contribution in [2.24, 2.45) is 0 Å². The highest BCUT2D eigenvalue weighted by atomic mass is 32.2. The van der Waals surface area contributed by atoms with Crippen molar-refractivity contribution < 1.29 is 13.2 Å². The molecule has 146 valence electrons. The molecule has 2 aromatic carbocycles. The van der Waals surface area contributed by atoms with E-state index in [-0.39, 0.29) is 22.5 Å². The molecular formula is C20H21N3O3S2. The Morgan fingerprint density at radius 3 is 2.36 bits per heavy atom. The average molecular weight is 416 g/mol. The summed E-state index contributed by atoms with van der Waals surface area (Å²) in [6.45, 7) is 0.168. The lowest BCUT2D eigenvalue weighted by molar-refractivity contribution is -0.119. The van der Waals surface area contributed by atoms with Crippen LogP contribution in [0.5, 0.6) is 0 Å². The summed E-state index contributed by atoms with van der Waals surface area (Å²) in [5.74, 6) is -0.359. The molecule has 28 heavy (non-hydrogen) atoms. The largest absolute Gasteiger partial charge is 0.355 e. The molecule has 0 spiro atoms. The molecule has 6 nitrogen and oxygen atoms in total. The molecule has 0 aliphatic carbocycles. The van der Waals surface area contributed by atoms with E-state index in [4.69, 9.17) is 0 Å². The SMILES string of the molecule is O=C(CN(c1nccs1)S(=O)(=O)c1ccccc1)NCCCc1ccccc1. The lowest BCUT2D eigenvalue weighted by atomic mass is 10.1. The van der Waals surface area contributed by atoms with Crippen molar-refractivity contribution in [3.8, 4) is 0 Å². The van der Waals surface area contributed by atoms with E-state index >= 15 is 0 Å². The van der Waals surface area contributed by atoms with Crippen LogP contribution in [0, 0.1) is 0 Å². The van der Waals surface area contributed by atoms with Gasteiger partial charge in [0.1, 0.15) is 6.54 Å². The minimum Gasteiger partial charge on any atom is -0.355 e. The minimum atomic E-state index is -3.87. The summed E-state index contributed by atoms with van der Waals surface area (Å²) in [4.78, 5) is 16.6. The van der Waals surface area contributed by atoms with Gasteiger partial charge in [0.25, 0.3) is 10.0 Å². The molecule has 1 amide bonds. The van der Waals surface area contributed by atoms with Crippen LogP contribution in [0.25, 0.3) is 0 Å². The molecule has 0 atom stereocenters. The molecule has 8 heteroatoms. The maximum Gasteiger partial charge on any atom is 0.266 e. The van der Waals surface area contributed by atoms with Gasteiger partial charge in [-0.15, -0.1) is 11.3 Å². The zero-order valence-corrected chi connectivity index (χ0v) is 16.8. The predicted molar refractivity (Wildman–Crippen MR) is 111 cm³/mol. The van der Waals surface area contributed by atoms with Crippen LogP contribution >= 0.6 is 11.3 Å². The van der Waals surface area contributed by atoms with Gasteiger partial charge in [-0.25, -0.2) is 17.7 Å². The number of anilines is 1. The second-order valence-electron chi connectivity index (χ2n) is 6.08. The van der Waals surface area contributed by atoms with Crippen molar-refractivity contribution in [3.05, 3.63) is 77.8 Å². The normalized spacial score (nSPS) is 11.1. The fourth-order valence-electron chi connectivity index (χ4n) is 2.67. The highest BCUT2D eigenvalue weighted by Gasteiger charge is 2.28. The van der Waals surface area contributed by atoms with E-state index in [0.717, 1.165) is 17.1 Å². The second kappa shape index (κ2) is 9.48. The van der Waals surface area contributed by atoms with Gasteiger partial charge in [0.2, 0.25) is 5.91 Å². The van der Waals surface area contributed by atoms with Gasteiger partial charge in [-0.2, -0.15) is 0 Å². The van der Waals surface area contributed by atoms with E-state index in [0.29, 0.717) is 6.54 Å². The molecule has 0 saturated heterocycles. The summed E-state index contributed by atoms with van der Waals surface area (Å²) < 4.78 is 27.0. The molecule has 0 unspecified atom stereocenters. The number of nitrogens with zero attached hydrogens (tertiary/aromatic N) is 2. The van der Waals surface area contributed by atoms with Gasteiger partial charge in [-0.05, 0) is 30.5 Å². The number of sulfonamides is 1. The van der Waals surface area contributed by atoms with Gasteiger partial charge in [0.15, 0.2) is 5.13 Å². The third-order valence-electron chi connectivity index (χ3n) is 4.06. The molecule has 0 saturated carbocycles. The van der Waals surface area contributed by atoms with E-state index in [2.05, 4.69) is 10.3 Å². The Morgan fingerprint density at radius 1 is 1.04 bits per heavy atom. The Bertz CT molecular complexity index is 976. The number of amides is 1. The number of hydrogen-bond acceptors (Lipinski definition) is 5. The standard InChI is InChI=1S/C20H21N3O3S2/c24-19(21-13-7-10-17-8-3-1-4-9-17)16-23(20-22-14-15-27-20)28(25,26)18-11-5-2-6-12-18/h1-6,8-9,11-12,14-15H,7,10,13,16H2,(H,21,24). The number of rotatable bonds is 9. The van der Waals surface area contributed by atoms with Crippen LogP contribution in [-0.2, 0) is 21.2 Å². The Balaban J connectivity index is 1.63. The molecule has 1 heterocycles. The fraction of sp³-hybridized carbons (Fsp3) is 0.200. The molecular weight excluding hydrogens is 394 g/mol. The first-order valence-corrected chi connectivity index (χ1v) is 11.2. The topological polar surface area (TPSA) is 79.4 Å². The fourth-order valence-corrected chi connectivity index (χ4v) is 4.93. The van der Waals surface area contributed by atoms with Crippen molar-refractivity contribution in [2.75, 3.05) is 17.4 Å². The van der Waals surface area contributed by atoms with Crippen molar-refractivity contribution in [1.82, 2.24) is 10.3 Å². The number of aromatic nitrogens is 1. The van der Waals surface area contributed by atoms with Gasteiger partial charge in [-0.3, -0.25) is 4.79 Å². The number of carbonyl (C=O) groups is 1. The van der Waals surface area contributed by atoms with Crippen LogP contribution < -0.4 is 9.62 Å². The van der Waals surface area contributed by atoms with E-state index in [1.165, 1.54) is 35.2 Å². The Morgan fingerprint density at radius 2 is 1.71 bits per heavy atom. The zero-order valence-electron chi connectivity index (χ0n) is 15.2.